The molecule has 14 heteroatoms. The molecule has 53 heavy (non-hydrogen) atoms. The lowest BCUT2D eigenvalue weighted by atomic mass is 10.1. The minimum atomic E-state index is -3.60. The Kier molecular flexibility index (Phi) is 9.96. The van der Waals surface area contributed by atoms with Gasteiger partial charge < -0.3 is 10.1 Å². The SMILES string of the molecule is CNS(=O)(=O)c1ccc(C(C)=NNc2nc(Nc3ccccc3)nc(-n3cc(-c4ccncc4)cn3)c2-c2cccc(Oc3ccc(F)cc3)c2)cc1. The van der Waals surface area contributed by atoms with Crippen LogP contribution in [0.2, 0.25) is 0 Å². The summed E-state index contributed by atoms with van der Waals surface area (Å²) in [6, 6.07) is 32.8. The Labute approximate surface area is 305 Å². The standard InChI is InChI=1S/C39H32FN9O3S/c1-26(27-11-17-35(18-12-27)53(50,51)41-2)47-48-37-36(29-7-6-10-34(23-29)52-33-15-13-31(40)14-16-33)38(46-39(45-37)44-32-8-4-3-5-9-32)49-25-30(24-43-49)28-19-21-42-22-20-28/h3-25,41H,1-2H3,(H2,44,45,46,48). The van der Waals surface area contributed by atoms with Crippen molar-refractivity contribution in [2.45, 2.75) is 11.8 Å². The first kappa shape index (κ1) is 34.7. The van der Waals surface area contributed by atoms with E-state index < -0.39 is 10.0 Å². The molecule has 0 atom stereocenters. The van der Waals surface area contributed by atoms with Gasteiger partial charge in [-0.3, -0.25) is 10.4 Å². The smallest absolute Gasteiger partial charge is 0.240 e. The van der Waals surface area contributed by atoms with Crippen molar-refractivity contribution >= 4 is 33.2 Å². The average Bonchev–Trinajstić information content (AvgIpc) is 3.69. The number of hydrogen-bond acceptors (Lipinski definition) is 10. The largest absolute Gasteiger partial charge is 0.457 e. The topological polar surface area (TPSA) is 148 Å². The summed E-state index contributed by atoms with van der Waals surface area (Å²) in [6.07, 6.45) is 7.04. The van der Waals surface area contributed by atoms with E-state index in [0.717, 1.165) is 16.8 Å². The van der Waals surface area contributed by atoms with Crippen molar-refractivity contribution in [3.63, 3.8) is 0 Å². The Morgan fingerprint density at radius 1 is 0.811 bits per heavy atom. The Balaban J connectivity index is 1.36. The molecule has 4 aromatic carbocycles. The van der Waals surface area contributed by atoms with Crippen molar-refractivity contribution in [2.24, 2.45) is 5.10 Å². The van der Waals surface area contributed by atoms with E-state index in [0.29, 0.717) is 45.5 Å². The number of nitrogens with one attached hydrogen (secondary N) is 3. The fraction of sp³-hybridized carbons (Fsp3) is 0.0513. The molecule has 3 aromatic heterocycles. The highest BCUT2D eigenvalue weighted by molar-refractivity contribution is 7.89. The van der Waals surface area contributed by atoms with E-state index in [2.05, 4.69) is 25.6 Å². The maximum atomic E-state index is 13.6. The summed E-state index contributed by atoms with van der Waals surface area (Å²) >= 11 is 0. The van der Waals surface area contributed by atoms with Crippen molar-refractivity contribution in [3.05, 3.63) is 151 Å². The van der Waals surface area contributed by atoms with E-state index in [1.165, 1.54) is 31.3 Å². The summed E-state index contributed by atoms with van der Waals surface area (Å²) in [5.74, 6) is 1.62. The molecular formula is C39H32FN9O3S. The highest BCUT2D eigenvalue weighted by Crippen LogP contribution is 2.37. The fourth-order valence-corrected chi connectivity index (χ4v) is 6.08. The van der Waals surface area contributed by atoms with Gasteiger partial charge in [0.1, 0.15) is 17.3 Å². The molecule has 0 amide bonds. The van der Waals surface area contributed by atoms with Crippen LogP contribution >= 0.6 is 0 Å². The zero-order chi connectivity index (χ0) is 36.8. The number of pyridine rings is 1. The summed E-state index contributed by atoms with van der Waals surface area (Å²) in [5, 5.41) is 12.7. The molecule has 0 fully saturated rings. The fourth-order valence-electron chi connectivity index (χ4n) is 5.35. The van der Waals surface area contributed by atoms with Crippen LogP contribution in [-0.2, 0) is 10.0 Å². The second-order valence-electron chi connectivity index (χ2n) is 11.6. The first-order chi connectivity index (χ1) is 25.8. The number of halogens is 1. The van der Waals surface area contributed by atoms with Crippen LogP contribution in [0.5, 0.6) is 11.5 Å². The third-order valence-corrected chi connectivity index (χ3v) is 9.52. The molecule has 0 saturated carbocycles. The molecule has 7 rings (SSSR count). The van der Waals surface area contributed by atoms with Gasteiger partial charge >= 0.3 is 0 Å². The Bertz CT molecular complexity index is 2500. The number of hydrogen-bond donors (Lipinski definition) is 3. The van der Waals surface area contributed by atoms with Crippen molar-refractivity contribution < 1.29 is 17.5 Å². The molecule has 7 aromatic rings. The van der Waals surface area contributed by atoms with E-state index in [4.69, 9.17) is 19.8 Å². The van der Waals surface area contributed by atoms with Crippen LogP contribution < -0.4 is 20.2 Å². The highest BCUT2D eigenvalue weighted by Gasteiger charge is 2.21. The molecular weight excluding hydrogens is 694 g/mol. The summed E-state index contributed by atoms with van der Waals surface area (Å²) in [5.41, 5.74) is 8.15. The van der Waals surface area contributed by atoms with Gasteiger partial charge in [0, 0.05) is 29.8 Å². The van der Waals surface area contributed by atoms with Crippen LogP contribution in [-0.4, -0.2) is 45.9 Å². The maximum absolute atomic E-state index is 13.6. The van der Waals surface area contributed by atoms with E-state index >= 15 is 0 Å². The predicted molar refractivity (Wildman–Crippen MR) is 203 cm³/mol. The Morgan fingerprint density at radius 3 is 2.30 bits per heavy atom. The van der Waals surface area contributed by atoms with Crippen LogP contribution in [0.1, 0.15) is 12.5 Å². The van der Waals surface area contributed by atoms with Gasteiger partial charge in [-0.05, 0) is 103 Å². The summed E-state index contributed by atoms with van der Waals surface area (Å²) in [7, 11) is -2.24. The second kappa shape index (κ2) is 15.2. The maximum Gasteiger partial charge on any atom is 0.240 e. The number of hydrazone groups is 1. The number of sulfonamides is 1. The molecule has 0 saturated heterocycles. The van der Waals surface area contributed by atoms with Gasteiger partial charge in [0.25, 0.3) is 0 Å². The second-order valence-corrected chi connectivity index (χ2v) is 13.5. The molecule has 0 unspecified atom stereocenters. The molecule has 0 spiro atoms. The van der Waals surface area contributed by atoms with Crippen molar-refractivity contribution in [1.82, 2.24) is 29.5 Å². The predicted octanol–water partition coefficient (Wildman–Crippen LogP) is 7.81. The van der Waals surface area contributed by atoms with E-state index in [9.17, 15) is 12.8 Å². The van der Waals surface area contributed by atoms with E-state index in [1.807, 2.05) is 66.9 Å². The lowest BCUT2D eigenvalue weighted by Crippen LogP contribution is -2.18. The molecule has 3 N–H and O–H groups in total. The van der Waals surface area contributed by atoms with Gasteiger partial charge in [0.2, 0.25) is 16.0 Å². The van der Waals surface area contributed by atoms with Gasteiger partial charge in [-0.1, -0.05) is 42.5 Å². The van der Waals surface area contributed by atoms with Gasteiger partial charge in [-0.15, -0.1) is 0 Å². The quantitative estimate of drug-likeness (QED) is 0.0847. The molecule has 3 heterocycles. The number of nitrogens with zero attached hydrogens (tertiary/aromatic N) is 6. The number of para-hydroxylation sites is 1. The van der Waals surface area contributed by atoms with Crippen molar-refractivity contribution in [2.75, 3.05) is 17.8 Å². The normalized spacial score (nSPS) is 11.6. The molecule has 12 nitrogen and oxygen atoms in total. The lowest BCUT2D eigenvalue weighted by molar-refractivity contribution is 0.481. The zero-order valence-corrected chi connectivity index (χ0v) is 29.3. The van der Waals surface area contributed by atoms with Gasteiger partial charge in [-0.25, -0.2) is 22.2 Å². The summed E-state index contributed by atoms with van der Waals surface area (Å²) in [6.45, 7) is 1.80. The average molecular weight is 726 g/mol. The van der Waals surface area contributed by atoms with Gasteiger partial charge in [0.15, 0.2) is 11.6 Å². The van der Waals surface area contributed by atoms with Gasteiger partial charge in [0.05, 0.1) is 22.4 Å². The van der Waals surface area contributed by atoms with E-state index in [-0.39, 0.29) is 16.7 Å². The number of ether oxygens (including phenoxy) is 1. The van der Waals surface area contributed by atoms with Crippen LogP contribution in [0, 0.1) is 5.82 Å². The summed E-state index contributed by atoms with van der Waals surface area (Å²) < 4.78 is 48.3. The summed E-state index contributed by atoms with van der Waals surface area (Å²) in [4.78, 5) is 14.1. The van der Waals surface area contributed by atoms with Crippen molar-refractivity contribution in [1.29, 1.82) is 0 Å². The van der Waals surface area contributed by atoms with Gasteiger partial charge in [-0.2, -0.15) is 20.2 Å². The number of anilines is 3. The monoisotopic (exact) mass is 725 g/mol. The minimum Gasteiger partial charge on any atom is -0.457 e. The molecule has 0 aliphatic carbocycles. The number of benzene rings is 4. The first-order valence-electron chi connectivity index (χ1n) is 16.3. The van der Waals surface area contributed by atoms with Crippen LogP contribution in [0.25, 0.3) is 28.1 Å². The lowest BCUT2D eigenvalue weighted by Gasteiger charge is -2.17. The molecule has 0 radical (unpaired) electrons. The minimum absolute atomic E-state index is 0.136. The zero-order valence-electron chi connectivity index (χ0n) is 28.5. The van der Waals surface area contributed by atoms with Crippen LogP contribution in [0.4, 0.5) is 21.8 Å². The molecule has 0 aliphatic rings. The Morgan fingerprint density at radius 2 is 1.57 bits per heavy atom. The van der Waals surface area contributed by atoms with Crippen molar-refractivity contribution in [3.8, 4) is 39.6 Å². The first-order valence-corrected chi connectivity index (χ1v) is 17.8. The molecule has 0 aliphatic heterocycles. The molecule has 264 valence electrons. The van der Waals surface area contributed by atoms with Crippen LogP contribution in [0.15, 0.2) is 150 Å². The van der Waals surface area contributed by atoms with E-state index in [1.54, 1.807) is 60.5 Å². The molecule has 0 bridgehead atoms. The third-order valence-electron chi connectivity index (χ3n) is 8.09. The third kappa shape index (κ3) is 8.09. The number of aromatic nitrogens is 5. The highest BCUT2D eigenvalue weighted by atomic mass is 32.2. The Hall–Kier alpha value is -6.77. The number of rotatable bonds is 12. The van der Waals surface area contributed by atoms with Crippen LogP contribution in [0.3, 0.4) is 0 Å².